The number of H-pyrrole nitrogens is 1. The molecule has 148 valence electrons. The van der Waals surface area contributed by atoms with Crippen LogP contribution >= 0.6 is 11.3 Å². The largest absolute Gasteiger partial charge is 0.383 e. The molecule has 2 aromatic heterocycles. The Labute approximate surface area is 164 Å². The van der Waals surface area contributed by atoms with E-state index >= 15 is 0 Å². The molecule has 0 aliphatic carbocycles. The van der Waals surface area contributed by atoms with Crippen molar-refractivity contribution in [2.75, 3.05) is 17.7 Å². The number of aromatic amines is 1. The lowest BCUT2D eigenvalue weighted by atomic mass is 10.1. The van der Waals surface area contributed by atoms with Crippen molar-refractivity contribution in [3.8, 4) is 0 Å². The molecule has 0 fully saturated rings. The van der Waals surface area contributed by atoms with Crippen LogP contribution in [-0.4, -0.2) is 22.5 Å². The van der Waals surface area contributed by atoms with Crippen LogP contribution in [0.2, 0.25) is 0 Å². The molecule has 2 heterocycles. The van der Waals surface area contributed by atoms with Gasteiger partial charge in [0, 0.05) is 23.7 Å². The number of anilines is 2. The van der Waals surface area contributed by atoms with Crippen LogP contribution in [0.1, 0.15) is 35.0 Å². The van der Waals surface area contributed by atoms with Crippen molar-refractivity contribution < 1.29 is 9.18 Å². The van der Waals surface area contributed by atoms with E-state index in [1.807, 2.05) is 6.92 Å². The van der Waals surface area contributed by atoms with E-state index in [9.17, 15) is 18.8 Å². The second-order valence-corrected chi connectivity index (χ2v) is 7.58. The highest BCUT2D eigenvalue weighted by Gasteiger charge is 2.25. The minimum absolute atomic E-state index is 0.0667. The van der Waals surface area contributed by atoms with Crippen molar-refractivity contribution in [1.29, 1.82) is 0 Å². The average Bonchev–Trinajstić information content (AvgIpc) is 2.98. The number of aryl methyl sites for hydroxylation is 1. The number of nitrogen functional groups attached to an aromatic ring is 1. The Morgan fingerprint density at radius 1 is 1.36 bits per heavy atom. The lowest BCUT2D eigenvalue weighted by Gasteiger charge is -2.20. The van der Waals surface area contributed by atoms with Gasteiger partial charge in [0.15, 0.2) is 5.69 Å². The molecule has 3 aromatic rings. The lowest BCUT2D eigenvalue weighted by Crippen LogP contribution is -2.39. The molecule has 3 N–H and O–H groups in total. The Morgan fingerprint density at radius 2 is 2.07 bits per heavy atom. The number of nitrogens with two attached hydrogens (primary N) is 1. The lowest BCUT2D eigenvalue weighted by molar-refractivity contribution is 0.0996. The van der Waals surface area contributed by atoms with Gasteiger partial charge in [0.2, 0.25) is 0 Å². The molecule has 0 saturated carbocycles. The Morgan fingerprint density at radius 3 is 2.71 bits per heavy atom. The molecule has 0 aliphatic heterocycles. The van der Waals surface area contributed by atoms with E-state index in [2.05, 4.69) is 4.98 Å². The second kappa shape index (κ2) is 7.59. The normalized spacial score (nSPS) is 11.1. The van der Waals surface area contributed by atoms with E-state index < -0.39 is 23.0 Å². The number of hydrogen-bond donors (Lipinski definition) is 2. The Kier molecular flexibility index (Phi) is 5.37. The van der Waals surface area contributed by atoms with E-state index in [4.69, 9.17) is 5.73 Å². The average molecular weight is 404 g/mol. The number of hydrogen-bond acceptors (Lipinski definition) is 5. The molecule has 9 heteroatoms. The van der Waals surface area contributed by atoms with Crippen molar-refractivity contribution in [3.05, 3.63) is 55.3 Å². The SMILES string of the molecule is CCCCn1c(N)c(N(C)C(=O)c2sc3cccc(F)c3c2C)c(=O)[nH]c1=O. The number of halogens is 1. The van der Waals surface area contributed by atoms with Gasteiger partial charge in [-0.2, -0.15) is 0 Å². The number of nitrogens with zero attached hydrogens (tertiary/aromatic N) is 2. The van der Waals surface area contributed by atoms with Crippen LogP contribution in [0.15, 0.2) is 27.8 Å². The number of nitrogens with one attached hydrogen (secondary N) is 1. The van der Waals surface area contributed by atoms with Crippen molar-refractivity contribution >= 4 is 38.8 Å². The smallest absolute Gasteiger partial charge is 0.330 e. The summed E-state index contributed by atoms with van der Waals surface area (Å²) in [5.74, 6) is -0.961. The summed E-state index contributed by atoms with van der Waals surface area (Å²) in [6.07, 6.45) is 1.53. The predicted octanol–water partition coefficient (Wildman–Crippen LogP) is 2.86. The highest BCUT2D eigenvalue weighted by Crippen LogP contribution is 2.34. The van der Waals surface area contributed by atoms with Gasteiger partial charge in [-0.25, -0.2) is 9.18 Å². The highest BCUT2D eigenvalue weighted by molar-refractivity contribution is 7.21. The Balaban J connectivity index is 2.10. The molecule has 28 heavy (non-hydrogen) atoms. The molecule has 1 amide bonds. The van der Waals surface area contributed by atoms with Crippen molar-refractivity contribution in [1.82, 2.24) is 9.55 Å². The van der Waals surface area contributed by atoms with Gasteiger partial charge in [-0.3, -0.25) is 19.1 Å². The first-order chi connectivity index (χ1) is 13.3. The van der Waals surface area contributed by atoms with Gasteiger partial charge in [0.25, 0.3) is 11.5 Å². The number of amides is 1. The summed E-state index contributed by atoms with van der Waals surface area (Å²) in [5, 5.41) is 0.388. The van der Waals surface area contributed by atoms with Crippen LogP contribution in [0.4, 0.5) is 15.9 Å². The van der Waals surface area contributed by atoms with Gasteiger partial charge in [0.1, 0.15) is 11.6 Å². The summed E-state index contributed by atoms with van der Waals surface area (Å²) < 4.78 is 16.1. The molecule has 0 aliphatic rings. The maximum Gasteiger partial charge on any atom is 0.330 e. The summed E-state index contributed by atoms with van der Waals surface area (Å²) in [6.45, 7) is 3.96. The number of aromatic nitrogens is 2. The third-order valence-corrected chi connectivity index (χ3v) is 5.93. The van der Waals surface area contributed by atoms with Gasteiger partial charge in [-0.15, -0.1) is 11.3 Å². The number of thiophene rings is 1. The van der Waals surface area contributed by atoms with Crippen LogP contribution in [0.25, 0.3) is 10.1 Å². The van der Waals surface area contributed by atoms with Gasteiger partial charge >= 0.3 is 5.69 Å². The van der Waals surface area contributed by atoms with E-state index in [0.29, 0.717) is 33.5 Å². The molecule has 0 spiro atoms. The van der Waals surface area contributed by atoms with E-state index in [-0.39, 0.29) is 11.5 Å². The fraction of sp³-hybridized carbons (Fsp3) is 0.316. The molecule has 0 radical (unpaired) electrons. The molecule has 0 atom stereocenters. The highest BCUT2D eigenvalue weighted by atomic mass is 32.1. The first-order valence-electron chi connectivity index (χ1n) is 8.86. The topological polar surface area (TPSA) is 101 Å². The zero-order valence-corrected chi connectivity index (χ0v) is 16.7. The van der Waals surface area contributed by atoms with Gasteiger partial charge in [-0.1, -0.05) is 19.4 Å². The molecule has 0 unspecified atom stereocenters. The standard InChI is InChI=1S/C19H21FN4O3S/c1-4-5-9-24-16(21)14(17(25)22-19(24)27)23(3)18(26)15-10(2)13-11(20)7-6-8-12(13)28-15/h6-8H,4-5,9,21H2,1-3H3,(H,22,25,27). The van der Waals surface area contributed by atoms with E-state index in [1.54, 1.807) is 19.1 Å². The summed E-state index contributed by atoms with van der Waals surface area (Å²) in [4.78, 5) is 41.2. The van der Waals surface area contributed by atoms with Crippen LogP contribution in [0, 0.1) is 12.7 Å². The summed E-state index contributed by atoms with van der Waals surface area (Å²) in [7, 11) is 1.41. The van der Waals surface area contributed by atoms with Crippen LogP contribution in [-0.2, 0) is 6.54 Å². The summed E-state index contributed by atoms with van der Waals surface area (Å²) in [6, 6.07) is 4.66. The van der Waals surface area contributed by atoms with E-state index in [0.717, 1.165) is 22.7 Å². The zero-order chi connectivity index (χ0) is 20.6. The first kappa shape index (κ1) is 19.8. The van der Waals surface area contributed by atoms with Crippen molar-refractivity contribution in [2.45, 2.75) is 33.2 Å². The molecule has 1 aromatic carbocycles. The van der Waals surface area contributed by atoms with Crippen LogP contribution < -0.4 is 21.9 Å². The quantitative estimate of drug-likeness (QED) is 0.683. The van der Waals surface area contributed by atoms with Crippen molar-refractivity contribution in [3.63, 3.8) is 0 Å². The third kappa shape index (κ3) is 3.22. The molecular formula is C19H21FN4O3S. The minimum atomic E-state index is -0.740. The third-order valence-electron chi connectivity index (χ3n) is 4.69. The van der Waals surface area contributed by atoms with Crippen LogP contribution in [0.5, 0.6) is 0 Å². The maximum absolute atomic E-state index is 14.2. The Bertz CT molecular complexity index is 1180. The minimum Gasteiger partial charge on any atom is -0.383 e. The predicted molar refractivity (Wildman–Crippen MR) is 110 cm³/mol. The fourth-order valence-corrected chi connectivity index (χ4v) is 4.35. The van der Waals surface area contributed by atoms with Gasteiger partial charge in [0.05, 0.1) is 4.88 Å². The Hall–Kier alpha value is -2.94. The number of unbranched alkanes of at least 4 members (excludes halogenated alkanes) is 1. The fourth-order valence-electron chi connectivity index (χ4n) is 3.15. The van der Waals surface area contributed by atoms with Crippen molar-refractivity contribution in [2.24, 2.45) is 0 Å². The first-order valence-corrected chi connectivity index (χ1v) is 9.67. The maximum atomic E-state index is 14.2. The summed E-state index contributed by atoms with van der Waals surface area (Å²) in [5.41, 5.74) is 5.13. The molecule has 0 saturated heterocycles. The summed E-state index contributed by atoms with van der Waals surface area (Å²) >= 11 is 1.15. The van der Waals surface area contributed by atoms with Gasteiger partial charge < -0.3 is 10.6 Å². The molecule has 0 bridgehead atoms. The van der Waals surface area contributed by atoms with E-state index in [1.165, 1.54) is 17.7 Å². The number of carbonyl (C=O) groups excluding carboxylic acids is 1. The monoisotopic (exact) mass is 404 g/mol. The number of fused-ring (bicyclic) bond motifs is 1. The molecular weight excluding hydrogens is 383 g/mol. The van der Waals surface area contributed by atoms with Gasteiger partial charge in [-0.05, 0) is 31.0 Å². The number of benzene rings is 1. The molecule has 3 rings (SSSR count). The van der Waals surface area contributed by atoms with Crippen LogP contribution in [0.3, 0.4) is 0 Å². The molecule has 7 nitrogen and oxygen atoms in total. The number of carbonyl (C=O) groups is 1. The zero-order valence-electron chi connectivity index (χ0n) is 15.8. The second-order valence-electron chi connectivity index (χ2n) is 6.53. The number of rotatable bonds is 5.